The van der Waals surface area contributed by atoms with Crippen LogP contribution in [0.3, 0.4) is 0 Å². The molecule has 2 aromatic heterocycles. The highest BCUT2D eigenvalue weighted by atomic mass is 32.1. The highest BCUT2D eigenvalue weighted by Crippen LogP contribution is 2.25. The van der Waals surface area contributed by atoms with Crippen molar-refractivity contribution in [3.63, 3.8) is 0 Å². The summed E-state index contributed by atoms with van der Waals surface area (Å²) in [4.78, 5) is 33.1. The van der Waals surface area contributed by atoms with Gasteiger partial charge in [-0.25, -0.2) is 9.37 Å². The largest absolute Gasteiger partial charge is 0.352 e. The molecular formula is C26H25FN4O2S. The number of rotatable bonds is 6. The number of piperidine rings is 1. The van der Waals surface area contributed by atoms with E-state index < -0.39 is 0 Å². The van der Waals surface area contributed by atoms with Crippen molar-refractivity contribution in [3.8, 4) is 0 Å². The number of carbonyl (C=O) groups is 1. The van der Waals surface area contributed by atoms with Crippen LogP contribution >= 0.6 is 11.3 Å². The Balaban J connectivity index is 1.40. The zero-order valence-electron chi connectivity index (χ0n) is 18.6. The van der Waals surface area contributed by atoms with Crippen LogP contribution in [0.2, 0.25) is 0 Å². The summed E-state index contributed by atoms with van der Waals surface area (Å²) in [5, 5.41) is 4.91. The number of nitrogens with one attached hydrogen (secondary N) is 1. The fraction of sp³-hybridized carbons (Fsp3) is 0.269. The molecule has 0 bridgehead atoms. The van der Waals surface area contributed by atoms with Gasteiger partial charge in [-0.05, 0) is 47.5 Å². The maximum atomic E-state index is 13.4. The lowest BCUT2D eigenvalue weighted by Crippen LogP contribution is -2.45. The SMILES string of the molecule is O=C(NCc1ccccc1)C1CCCN(c2nc3ccsc3c(=O)n2Cc2ccc(F)cc2)C1. The number of anilines is 1. The smallest absolute Gasteiger partial charge is 0.273 e. The fourth-order valence-corrected chi connectivity index (χ4v) is 5.17. The van der Waals surface area contributed by atoms with Gasteiger partial charge in [0.15, 0.2) is 0 Å². The van der Waals surface area contributed by atoms with Crippen molar-refractivity contribution >= 4 is 33.4 Å². The van der Waals surface area contributed by atoms with Crippen LogP contribution in [-0.2, 0) is 17.9 Å². The van der Waals surface area contributed by atoms with E-state index in [4.69, 9.17) is 4.98 Å². The van der Waals surface area contributed by atoms with Crippen molar-refractivity contribution in [2.45, 2.75) is 25.9 Å². The second kappa shape index (κ2) is 9.77. The molecule has 34 heavy (non-hydrogen) atoms. The van der Waals surface area contributed by atoms with Gasteiger partial charge in [-0.1, -0.05) is 42.5 Å². The summed E-state index contributed by atoms with van der Waals surface area (Å²) in [6, 6.07) is 17.8. The van der Waals surface area contributed by atoms with Gasteiger partial charge in [0, 0.05) is 19.6 Å². The van der Waals surface area contributed by atoms with E-state index in [-0.39, 0.29) is 29.7 Å². The molecule has 0 aliphatic carbocycles. The number of fused-ring (bicyclic) bond motifs is 1. The van der Waals surface area contributed by atoms with E-state index in [2.05, 4.69) is 5.32 Å². The van der Waals surface area contributed by atoms with Gasteiger partial charge >= 0.3 is 0 Å². The van der Waals surface area contributed by atoms with Gasteiger partial charge in [-0.3, -0.25) is 14.2 Å². The molecule has 2 aromatic carbocycles. The third-order valence-corrected chi connectivity index (χ3v) is 7.08. The predicted molar refractivity (Wildman–Crippen MR) is 133 cm³/mol. The average molecular weight is 477 g/mol. The molecule has 8 heteroatoms. The highest BCUT2D eigenvalue weighted by molar-refractivity contribution is 7.17. The number of benzene rings is 2. The molecule has 0 saturated carbocycles. The zero-order chi connectivity index (χ0) is 23.5. The molecule has 174 valence electrons. The molecule has 1 aliphatic rings. The predicted octanol–water partition coefficient (Wildman–Crippen LogP) is 4.18. The molecule has 4 aromatic rings. The second-order valence-electron chi connectivity index (χ2n) is 8.55. The number of carbonyl (C=O) groups excluding carboxylic acids is 1. The lowest BCUT2D eigenvalue weighted by molar-refractivity contribution is -0.125. The molecule has 1 amide bonds. The molecule has 1 N–H and O–H groups in total. The zero-order valence-corrected chi connectivity index (χ0v) is 19.4. The highest BCUT2D eigenvalue weighted by Gasteiger charge is 2.28. The summed E-state index contributed by atoms with van der Waals surface area (Å²) in [5.74, 6) is 0.0636. The minimum Gasteiger partial charge on any atom is -0.352 e. The van der Waals surface area contributed by atoms with E-state index in [1.54, 1.807) is 16.7 Å². The van der Waals surface area contributed by atoms with Crippen LogP contribution in [0.1, 0.15) is 24.0 Å². The number of thiophene rings is 1. The van der Waals surface area contributed by atoms with Crippen LogP contribution < -0.4 is 15.8 Å². The summed E-state index contributed by atoms with van der Waals surface area (Å²) < 4.78 is 15.7. The van der Waals surface area contributed by atoms with Gasteiger partial charge in [0.05, 0.1) is 18.0 Å². The molecule has 5 rings (SSSR count). The maximum Gasteiger partial charge on any atom is 0.273 e. The first-order chi connectivity index (χ1) is 16.6. The van der Waals surface area contributed by atoms with Gasteiger partial charge in [0.25, 0.3) is 5.56 Å². The molecule has 3 heterocycles. The average Bonchev–Trinajstić information content (AvgIpc) is 3.35. The molecule has 1 fully saturated rings. The molecule has 0 spiro atoms. The fourth-order valence-electron chi connectivity index (χ4n) is 4.39. The van der Waals surface area contributed by atoms with Crippen LogP contribution in [-0.4, -0.2) is 28.5 Å². The molecular weight excluding hydrogens is 451 g/mol. The second-order valence-corrected chi connectivity index (χ2v) is 9.47. The molecule has 6 nitrogen and oxygen atoms in total. The molecule has 1 atom stereocenters. The van der Waals surface area contributed by atoms with E-state index >= 15 is 0 Å². The first kappa shape index (κ1) is 22.3. The minimum atomic E-state index is -0.316. The molecule has 0 radical (unpaired) electrons. The summed E-state index contributed by atoms with van der Waals surface area (Å²) in [6.07, 6.45) is 1.62. The lowest BCUT2D eigenvalue weighted by atomic mass is 9.97. The minimum absolute atomic E-state index is 0.0117. The Morgan fingerprint density at radius 2 is 1.88 bits per heavy atom. The van der Waals surface area contributed by atoms with Crippen LogP contribution in [0, 0.1) is 11.7 Å². The van der Waals surface area contributed by atoms with Crippen LogP contribution in [0.5, 0.6) is 0 Å². The van der Waals surface area contributed by atoms with Gasteiger partial charge in [-0.15, -0.1) is 11.3 Å². The van der Waals surface area contributed by atoms with Gasteiger partial charge in [-0.2, -0.15) is 0 Å². The van der Waals surface area contributed by atoms with Crippen LogP contribution in [0.4, 0.5) is 10.3 Å². The Kier molecular flexibility index (Phi) is 6.40. The van der Waals surface area contributed by atoms with E-state index in [0.29, 0.717) is 35.8 Å². The van der Waals surface area contributed by atoms with Crippen LogP contribution in [0.25, 0.3) is 10.2 Å². The molecule has 1 unspecified atom stereocenters. The summed E-state index contributed by atoms with van der Waals surface area (Å²) in [6.45, 7) is 1.99. The first-order valence-corrected chi connectivity index (χ1v) is 12.3. The van der Waals surface area contributed by atoms with E-state index in [1.165, 1.54) is 23.5 Å². The number of amides is 1. The summed E-state index contributed by atoms with van der Waals surface area (Å²) >= 11 is 1.37. The normalized spacial score (nSPS) is 16.0. The number of hydrogen-bond acceptors (Lipinski definition) is 5. The van der Waals surface area contributed by atoms with Crippen LogP contribution in [0.15, 0.2) is 70.8 Å². The standard InChI is InChI=1S/C26H25FN4O2S/c27-21-10-8-19(9-11-21)16-31-25(33)23-22(12-14-34-23)29-26(31)30-13-4-7-20(17-30)24(32)28-15-18-5-2-1-3-6-18/h1-3,5-6,8-12,14,20H,4,7,13,15-17H2,(H,28,32). The van der Waals surface area contributed by atoms with E-state index in [0.717, 1.165) is 24.0 Å². The lowest BCUT2D eigenvalue weighted by Gasteiger charge is -2.34. The Morgan fingerprint density at radius 1 is 1.09 bits per heavy atom. The topological polar surface area (TPSA) is 67.2 Å². The number of halogens is 1. The quantitative estimate of drug-likeness (QED) is 0.453. The Hall–Kier alpha value is -3.52. The Morgan fingerprint density at radius 3 is 2.68 bits per heavy atom. The first-order valence-electron chi connectivity index (χ1n) is 11.4. The Bertz CT molecular complexity index is 1350. The third kappa shape index (κ3) is 4.72. The van der Waals surface area contributed by atoms with Crippen molar-refractivity contribution < 1.29 is 9.18 Å². The van der Waals surface area contributed by atoms with E-state index in [9.17, 15) is 14.0 Å². The van der Waals surface area contributed by atoms with Crippen molar-refractivity contribution in [2.24, 2.45) is 5.92 Å². The van der Waals surface area contributed by atoms with Gasteiger partial charge in [0.2, 0.25) is 11.9 Å². The van der Waals surface area contributed by atoms with Crippen molar-refractivity contribution in [1.29, 1.82) is 0 Å². The van der Waals surface area contributed by atoms with Gasteiger partial charge in [0.1, 0.15) is 10.5 Å². The number of hydrogen-bond donors (Lipinski definition) is 1. The monoisotopic (exact) mass is 476 g/mol. The van der Waals surface area contributed by atoms with E-state index in [1.807, 2.05) is 46.7 Å². The molecule has 1 aliphatic heterocycles. The van der Waals surface area contributed by atoms with Crippen molar-refractivity contribution in [3.05, 3.63) is 93.3 Å². The summed E-state index contributed by atoms with van der Waals surface area (Å²) in [5.41, 5.74) is 2.42. The summed E-state index contributed by atoms with van der Waals surface area (Å²) in [7, 11) is 0. The third-order valence-electron chi connectivity index (χ3n) is 6.18. The molecule has 1 saturated heterocycles. The Labute approximate surface area is 200 Å². The number of aromatic nitrogens is 2. The van der Waals surface area contributed by atoms with Crippen molar-refractivity contribution in [1.82, 2.24) is 14.9 Å². The van der Waals surface area contributed by atoms with Gasteiger partial charge < -0.3 is 10.2 Å². The van der Waals surface area contributed by atoms with Crippen molar-refractivity contribution in [2.75, 3.05) is 18.0 Å². The maximum absolute atomic E-state index is 13.4. The number of nitrogens with zero attached hydrogens (tertiary/aromatic N) is 3.